The fraction of sp³-hybridized carbons (Fsp3) is 0.200. The summed E-state index contributed by atoms with van der Waals surface area (Å²) in [6.07, 6.45) is 1.35. The largest absolute Gasteiger partial charge is 0.495 e. The van der Waals surface area contributed by atoms with E-state index in [1.54, 1.807) is 37.3 Å². The Bertz CT molecular complexity index is 820. The van der Waals surface area contributed by atoms with Crippen LogP contribution in [0.1, 0.15) is 5.56 Å². The van der Waals surface area contributed by atoms with Gasteiger partial charge in [0.15, 0.2) is 5.03 Å². The number of nitrogens with zero attached hydrogens (tertiary/aromatic N) is 2. The lowest BCUT2D eigenvalue weighted by Crippen LogP contribution is -2.36. The van der Waals surface area contributed by atoms with Crippen molar-refractivity contribution in [2.45, 2.75) is 11.9 Å². The third-order valence-electron chi connectivity index (χ3n) is 3.13. The standard InChI is InChI=1S/C15H16N2O5S/c1-11-6-5-9-16-15(11)23(20,21)17(10-14(18)19)12-7-3-4-8-13(12)22-2/h3-9H,10H2,1-2H3,(H,18,19). The molecule has 0 saturated carbocycles. The minimum Gasteiger partial charge on any atom is -0.495 e. The zero-order chi connectivity index (χ0) is 17.0. The Morgan fingerprint density at radius 2 is 1.96 bits per heavy atom. The van der Waals surface area contributed by atoms with Crippen LogP contribution in [-0.4, -0.2) is 38.1 Å². The molecule has 1 N–H and O–H groups in total. The molecule has 2 rings (SSSR count). The van der Waals surface area contributed by atoms with Crippen LogP contribution in [0.3, 0.4) is 0 Å². The number of hydrogen-bond donors (Lipinski definition) is 1. The molecule has 8 heteroatoms. The number of pyridine rings is 1. The molecular formula is C15H16N2O5S. The third-order valence-corrected chi connectivity index (χ3v) is 4.95. The first-order chi connectivity index (χ1) is 10.9. The predicted octanol–water partition coefficient (Wildman–Crippen LogP) is 1.68. The van der Waals surface area contributed by atoms with Gasteiger partial charge in [-0.15, -0.1) is 0 Å². The lowest BCUT2D eigenvalue weighted by Gasteiger charge is -2.24. The van der Waals surface area contributed by atoms with Crippen LogP contribution in [0.15, 0.2) is 47.6 Å². The monoisotopic (exact) mass is 336 g/mol. The summed E-state index contributed by atoms with van der Waals surface area (Å²) in [5.74, 6) is -1.03. The highest BCUT2D eigenvalue weighted by Gasteiger charge is 2.31. The SMILES string of the molecule is COc1ccccc1N(CC(=O)O)S(=O)(=O)c1ncccc1C. The highest BCUT2D eigenvalue weighted by molar-refractivity contribution is 7.92. The van der Waals surface area contributed by atoms with Crippen LogP contribution in [-0.2, 0) is 14.8 Å². The second-order valence-corrected chi connectivity index (χ2v) is 6.48. The van der Waals surface area contributed by atoms with Gasteiger partial charge in [-0.25, -0.2) is 4.98 Å². The van der Waals surface area contributed by atoms with E-state index in [2.05, 4.69) is 4.98 Å². The zero-order valence-electron chi connectivity index (χ0n) is 12.6. The smallest absolute Gasteiger partial charge is 0.324 e. The minimum atomic E-state index is -4.15. The summed E-state index contributed by atoms with van der Waals surface area (Å²) < 4.78 is 31.7. The summed E-state index contributed by atoms with van der Waals surface area (Å²) >= 11 is 0. The number of aryl methyl sites for hydroxylation is 1. The minimum absolute atomic E-state index is 0.141. The lowest BCUT2D eigenvalue weighted by atomic mass is 10.3. The Balaban J connectivity index is 2.64. The normalized spacial score (nSPS) is 11.0. The van der Waals surface area contributed by atoms with Crippen LogP contribution < -0.4 is 9.04 Å². The second-order valence-electron chi connectivity index (χ2n) is 4.70. The first-order valence-corrected chi connectivity index (χ1v) is 8.11. The fourth-order valence-electron chi connectivity index (χ4n) is 2.10. The summed E-state index contributed by atoms with van der Waals surface area (Å²) in [5.41, 5.74) is 0.570. The van der Waals surface area contributed by atoms with Gasteiger partial charge in [-0.2, -0.15) is 8.42 Å². The summed E-state index contributed by atoms with van der Waals surface area (Å²) in [4.78, 5) is 15.1. The Kier molecular flexibility index (Phi) is 4.85. The predicted molar refractivity (Wildman–Crippen MR) is 84.1 cm³/mol. The molecule has 0 radical (unpaired) electrons. The van der Waals surface area contributed by atoms with E-state index in [4.69, 9.17) is 9.84 Å². The van der Waals surface area contributed by atoms with Gasteiger partial charge >= 0.3 is 5.97 Å². The van der Waals surface area contributed by atoms with Crippen LogP contribution in [0.25, 0.3) is 0 Å². The number of sulfonamides is 1. The van der Waals surface area contributed by atoms with E-state index in [0.29, 0.717) is 5.56 Å². The molecule has 0 aliphatic rings. The number of aliphatic carboxylic acids is 1. The number of rotatable bonds is 6. The maximum atomic E-state index is 12.9. The number of carbonyl (C=O) groups is 1. The second kappa shape index (κ2) is 6.66. The third kappa shape index (κ3) is 3.42. The van der Waals surface area contributed by atoms with Crippen molar-refractivity contribution in [1.29, 1.82) is 0 Å². The molecule has 0 amide bonds. The highest BCUT2D eigenvalue weighted by Crippen LogP contribution is 2.32. The van der Waals surface area contributed by atoms with Crippen molar-refractivity contribution < 1.29 is 23.1 Å². The van der Waals surface area contributed by atoms with Gasteiger partial charge in [0.25, 0.3) is 10.0 Å². The van der Waals surface area contributed by atoms with E-state index in [9.17, 15) is 13.2 Å². The fourth-order valence-corrected chi connectivity index (χ4v) is 3.67. The highest BCUT2D eigenvalue weighted by atomic mass is 32.2. The molecular weight excluding hydrogens is 320 g/mol. The summed E-state index contributed by atoms with van der Waals surface area (Å²) in [5, 5.41) is 8.93. The maximum Gasteiger partial charge on any atom is 0.324 e. The number of benzene rings is 1. The van der Waals surface area contributed by atoms with Crippen LogP contribution in [0.2, 0.25) is 0 Å². The van der Waals surface area contributed by atoms with Gasteiger partial charge in [0.05, 0.1) is 12.8 Å². The van der Waals surface area contributed by atoms with Crippen molar-refractivity contribution >= 4 is 21.7 Å². The Hall–Kier alpha value is -2.61. The van der Waals surface area contributed by atoms with Crippen molar-refractivity contribution in [2.24, 2.45) is 0 Å². The van der Waals surface area contributed by atoms with E-state index in [0.717, 1.165) is 4.31 Å². The summed E-state index contributed by atoms with van der Waals surface area (Å²) in [6, 6.07) is 9.52. The molecule has 1 heterocycles. The maximum absolute atomic E-state index is 12.9. The van der Waals surface area contributed by atoms with Crippen LogP contribution in [0.5, 0.6) is 5.75 Å². The first kappa shape index (κ1) is 16.8. The van der Waals surface area contributed by atoms with Gasteiger partial charge < -0.3 is 9.84 Å². The van der Waals surface area contributed by atoms with E-state index in [1.165, 1.54) is 19.4 Å². The zero-order valence-corrected chi connectivity index (χ0v) is 13.4. The summed E-state index contributed by atoms with van der Waals surface area (Å²) in [7, 11) is -2.77. The molecule has 0 aliphatic heterocycles. The van der Waals surface area contributed by atoms with Crippen molar-refractivity contribution in [3.05, 3.63) is 48.2 Å². The van der Waals surface area contributed by atoms with E-state index in [1.807, 2.05) is 0 Å². The lowest BCUT2D eigenvalue weighted by molar-refractivity contribution is -0.135. The van der Waals surface area contributed by atoms with E-state index >= 15 is 0 Å². The Labute approximate surface area is 134 Å². The number of carboxylic acids is 1. The van der Waals surface area contributed by atoms with Gasteiger partial charge in [-0.05, 0) is 30.7 Å². The Morgan fingerprint density at radius 1 is 1.26 bits per heavy atom. The van der Waals surface area contributed by atoms with Crippen LogP contribution >= 0.6 is 0 Å². The van der Waals surface area contributed by atoms with Crippen molar-refractivity contribution in [1.82, 2.24) is 4.98 Å². The van der Waals surface area contributed by atoms with E-state index < -0.39 is 22.5 Å². The number of anilines is 1. The molecule has 1 aromatic heterocycles. The molecule has 0 saturated heterocycles. The van der Waals surface area contributed by atoms with Crippen molar-refractivity contribution in [2.75, 3.05) is 18.0 Å². The number of hydrogen-bond acceptors (Lipinski definition) is 5. The number of methoxy groups -OCH3 is 1. The van der Waals surface area contributed by atoms with Gasteiger partial charge in [0.2, 0.25) is 0 Å². The number of aromatic nitrogens is 1. The first-order valence-electron chi connectivity index (χ1n) is 6.67. The average molecular weight is 336 g/mol. The average Bonchev–Trinajstić information content (AvgIpc) is 2.52. The molecule has 0 unspecified atom stereocenters. The number of para-hydroxylation sites is 2. The molecule has 23 heavy (non-hydrogen) atoms. The van der Waals surface area contributed by atoms with Crippen molar-refractivity contribution in [3.63, 3.8) is 0 Å². The quantitative estimate of drug-likeness (QED) is 0.862. The van der Waals surface area contributed by atoms with Gasteiger partial charge in [-0.1, -0.05) is 18.2 Å². The topological polar surface area (TPSA) is 96.8 Å². The molecule has 7 nitrogen and oxygen atoms in total. The number of ether oxygens (including phenoxy) is 1. The number of carboxylic acid groups (broad SMARTS) is 1. The molecule has 122 valence electrons. The molecule has 0 aliphatic carbocycles. The van der Waals surface area contributed by atoms with Crippen molar-refractivity contribution in [3.8, 4) is 5.75 Å². The van der Waals surface area contributed by atoms with Gasteiger partial charge in [-0.3, -0.25) is 9.10 Å². The Morgan fingerprint density at radius 3 is 2.57 bits per heavy atom. The van der Waals surface area contributed by atoms with E-state index in [-0.39, 0.29) is 16.5 Å². The molecule has 2 aromatic rings. The van der Waals surface area contributed by atoms with Crippen LogP contribution in [0, 0.1) is 6.92 Å². The van der Waals surface area contributed by atoms with Gasteiger partial charge in [0, 0.05) is 6.20 Å². The summed E-state index contributed by atoms with van der Waals surface area (Å²) in [6.45, 7) is 0.861. The molecule has 0 bridgehead atoms. The molecule has 1 aromatic carbocycles. The van der Waals surface area contributed by atoms with Gasteiger partial charge in [0.1, 0.15) is 12.3 Å². The molecule has 0 fully saturated rings. The molecule has 0 atom stereocenters. The molecule has 0 spiro atoms. The van der Waals surface area contributed by atoms with Crippen LogP contribution in [0.4, 0.5) is 5.69 Å².